The maximum absolute atomic E-state index is 12.3. The Kier molecular flexibility index (Phi) is 6.27. The van der Waals surface area contributed by atoms with Gasteiger partial charge in [0.25, 0.3) is 0 Å². The van der Waals surface area contributed by atoms with Gasteiger partial charge in [0.1, 0.15) is 0 Å². The number of amides is 2. The van der Waals surface area contributed by atoms with Crippen molar-refractivity contribution >= 4 is 15.9 Å². The Labute approximate surface area is 139 Å². The van der Waals surface area contributed by atoms with E-state index in [1.54, 1.807) is 11.9 Å². The lowest BCUT2D eigenvalue weighted by atomic mass is 10.0. The van der Waals surface area contributed by atoms with E-state index >= 15 is 0 Å². The lowest BCUT2D eigenvalue weighted by molar-refractivity contribution is 0.00693. The van der Waals surface area contributed by atoms with Crippen molar-refractivity contribution in [2.45, 2.75) is 32.4 Å². The summed E-state index contributed by atoms with van der Waals surface area (Å²) in [6.07, 6.45) is 0.531. The number of rotatable bonds is 5. The fraction of sp³-hybridized carbons (Fsp3) is 0.933. The van der Waals surface area contributed by atoms with Crippen LogP contribution in [0.1, 0.15) is 20.3 Å². The molecule has 0 bridgehead atoms. The normalized spacial score (nSPS) is 26.2. The molecule has 2 atom stereocenters. The van der Waals surface area contributed by atoms with Crippen molar-refractivity contribution < 1.29 is 17.9 Å². The molecule has 0 spiro atoms. The lowest BCUT2D eigenvalue weighted by Crippen LogP contribution is -2.53. The second kappa shape index (κ2) is 7.81. The number of morpholine rings is 1. The minimum atomic E-state index is -2.98. The summed E-state index contributed by atoms with van der Waals surface area (Å²) < 4.78 is 28.5. The number of hydrogen-bond acceptors (Lipinski definition) is 5. The zero-order valence-electron chi connectivity index (χ0n) is 14.3. The third-order valence-corrected chi connectivity index (χ3v) is 6.57. The molecule has 0 unspecified atom stereocenters. The summed E-state index contributed by atoms with van der Waals surface area (Å²) in [7, 11) is -1.30. The topological polar surface area (TPSA) is 79.0 Å². The number of hydrogen-bond donors (Lipinski definition) is 1. The van der Waals surface area contributed by atoms with Gasteiger partial charge >= 0.3 is 6.03 Å². The highest BCUT2D eigenvalue weighted by Gasteiger charge is 2.33. The average molecular weight is 347 g/mol. The van der Waals surface area contributed by atoms with Crippen LogP contribution < -0.4 is 5.32 Å². The van der Waals surface area contributed by atoms with E-state index in [1.165, 1.54) is 0 Å². The van der Waals surface area contributed by atoms with E-state index in [2.05, 4.69) is 24.1 Å². The van der Waals surface area contributed by atoms with Crippen LogP contribution in [0.5, 0.6) is 0 Å². The zero-order chi connectivity index (χ0) is 17.0. The van der Waals surface area contributed by atoms with Crippen LogP contribution in [0.25, 0.3) is 0 Å². The van der Waals surface area contributed by atoms with Crippen molar-refractivity contribution in [1.29, 1.82) is 0 Å². The van der Waals surface area contributed by atoms with Gasteiger partial charge in [-0.2, -0.15) is 0 Å². The van der Waals surface area contributed by atoms with Crippen LogP contribution in [0.4, 0.5) is 4.79 Å². The first-order valence-corrected chi connectivity index (χ1v) is 10.1. The fourth-order valence-electron chi connectivity index (χ4n) is 3.26. The second-order valence-electron chi connectivity index (χ2n) is 6.81. The van der Waals surface area contributed by atoms with Gasteiger partial charge in [-0.15, -0.1) is 0 Å². The molecule has 0 aromatic rings. The van der Waals surface area contributed by atoms with Gasteiger partial charge in [0.2, 0.25) is 0 Å². The molecule has 0 aromatic carbocycles. The maximum atomic E-state index is 12.3. The predicted molar refractivity (Wildman–Crippen MR) is 89.2 cm³/mol. The molecular weight excluding hydrogens is 318 g/mol. The van der Waals surface area contributed by atoms with Gasteiger partial charge in [0.15, 0.2) is 9.84 Å². The number of carbonyl (C=O) groups is 1. The van der Waals surface area contributed by atoms with Gasteiger partial charge in [0, 0.05) is 38.8 Å². The molecule has 0 saturated carbocycles. The predicted octanol–water partition coefficient (Wildman–Crippen LogP) is 0.172. The second-order valence-corrected chi connectivity index (χ2v) is 9.04. The van der Waals surface area contributed by atoms with E-state index in [1.807, 2.05) is 0 Å². The lowest BCUT2D eigenvalue weighted by Gasteiger charge is -2.37. The molecule has 8 heteroatoms. The van der Waals surface area contributed by atoms with Crippen LogP contribution in [0.15, 0.2) is 0 Å². The van der Waals surface area contributed by atoms with Gasteiger partial charge < -0.3 is 15.0 Å². The van der Waals surface area contributed by atoms with E-state index in [4.69, 9.17) is 4.74 Å². The number of sulfone groups is 1. The standard InChI is InChI=1S/C15H29N3O4S/c1-12(2)14(18-5-7-22-8-6-18)10-16-15(19)17(3)13-4-9-23(20,21)11-13/h12-14H,4-11H2,1-3H3,(H,16,19)/t13-,14+/m1/s1. The van der Waals surface area contributed by atoms with Crippen LogP contribution in [0, 0.1) is 5.92 Å². The molecule has 0 radical (unpaired) electrons. The fourth-order valence-corrected chi connectivity index (χ4v) is 5.03. The van der Waals surface area contributed by atoms with E-state index in [-0.39, 0.29) is 29.6 Å². The summed E-state index contributed by atoms with van der Waals surface area (Å²) in [4.78, 5) is 16.2. The Bertz CT molecular complexity index is 503. The molecule has 1 N–H and O–H groups in total. The Balaban J connectivity index is 1.86. The van der Waals surface area contributed by atoms with Gasteiger partial charge in [-0.05, 0) is 12.3 Å². The molecule has 0 aromatic heterocycles. The summed E-state index contributed by atoms with van der Waals surface area (Å²) >= 11 is 0. The molecule has 23 heavy (non-hydrogen) atoms. The molecule has 2 fully saturated rings. The van der Waals surface area contributed by atoms with E-state index < -0.39 is 9.84 Å². The van der Waals surface area contributed by atoms with Crippen molar-refractivity contribution in [3.63, 3.8) is 0 Å². The van der Waals surface area contributed by atoms with Gasteiger partial charge in [-0.25, -0.2) is 13.2 Å². The van der Waals surface area contributed by atoms with Crippen molar-refractivity contribution in [2.24, 2.45) is 5.92 Å². The highest BCUT2D eigenvalue weighted by Crippen LogP contribution is 2.17. The largest absolute Gasteiger partial charge is 0.379 e. The van der Waals surface area contributed by atoms with Crippen molar-refractivity contribution in [2.75, 3.05) is 51.4 Å². The number of ether oxygens (including phenoxy) is 1. The molecule has 2 saturated heterocycles. The summed E-state index contributed by atoms with van der Waals surface area (Å²) in [5.74, 6) is 0.677. The summed E-state index contributed by atoms with van der Waals surface area (Å²) in [5, 5.41) is 2.98. The Morgan fingerprint density at radius 2 is 2.00 bits per heavy atom. The first-order chi connectivity index (χ1) is 10.8. The molecule has 2 aliphatic rings. The third kappa shape index (κ3) is 5.06. The zero-order valence-corrected chi connectivity index (χ0v) is 15.1. The van der Waals surface area contributed by atoms with E-state index in [0.29, 0.717) is 18.9 Å². The van der Waals surface area contributed by atoms with E-state index in [9.17, 15) is 13.2 Å². The molecule has 2 amide bonds. The first-order valence-electron chi connectivity index (χ1n) is 8.33. The van der Waals surface area contributed by atoms with Crippen molar-refractivity contribution in [1.82, 2.24) is 15.1 Å². The molecule has 134 valence electrons. The van der Waals surface area contributed by atoms with Crippen LogP contribution in [-0.4, -0.2) is 87.7 Å². The Morgan fingerprint density at radius 1 is 1.35 bits per heavy atom. The maximum Gasteiger partial charge on any atom is 0.317 e. The van der Waals surface area contributed by atoms with Gasteiger partial charge in [-0.3, -0.25) is 4.90 Å². The number of nitrogens with zero attached hydrogens (tertiary/aromatic N) is 2. The summed E-state index contributed by atoms with van der Waals surface area (Å²) in [6, 6.07) is -0.129. The highest BCUT2D eigenvalue weighted by atomic mass is 32.2. The Morgan fingerprint density at radius 3 is 2.52 bits per heavy atom. The number of carbonyl (C=O) groups excluding carboxylic acids is 1. The molecular formula is C15H29N3O4S. The minimum absolute atomic E-state index is 0.0774. The van der Waals surface area contributed by atoms with Crippen LogP contribution in [0.3, 0.4) is 0 Å². The van der Waals surface area contributed by atoms with Crippen molar-refractivity contribution in [3.8, 4) is 0 Å². The quantitative estimate of drug-likeness (QED) is 0.767. The number of nitrogens with one attached hydrogen (secondary N) is 1. The van der Waals surface area contributed by atoms with E-state index in [0.717, 1.165) is 26.3 Å². The molecule has 2 aliphatic heterocycles. The molecule has 0 aliphatic carbocycles. The molecule has 2 rings (SSSR count). The average Bonchev–Trinajstić information content (AvgIpc) is 2.87. The molecule has 7 nitrogen and oxygen atoms in total. The number of urea groups is 1. The third-order valence-electron chi connectivity index (χ3n) is 4.82. The van der Waals surface area contributed by atoms with Crippen LogP contribution in [-0.2, 0) is 14.6 Å². The van der Waals surface area contributed by atoms with Gasteiger partial charge in [-0.1, -0.05) is 13.8 Å². The van der Waals surface area contributed by atoms with Crippen molar-refractivity contribution in [3.05, 3.63) is 0 Å². The highest BCUT2D eigenvalue weighted by molar-refractivity contribution is 7.91. The Hall–Kier alpha value is -0.860. The first kappa shape index (κ1) is 18.5. The SMILES string of the molecule is CC(C)[C@H](CNC(=O)N(C)[C@@H]1CCS(=O)(=O)C1)N1CCOCC1. The minimum Gasteiger partial charge on any atom is -0.379 e. The summed E-state index contributed by atoms with van der Waals surface area (Å²) in [6.45, 7) is 8.11. The van der Waals surface area contributed by atoms with Crippen LogP contribution >= 0.6 is 0 Å². The molecule has 2 heterocycles. The smallest absolute Gasteiger partial charge is 0.317 e. The summed E-state index contributed by atoms with van der Waals surface area (Å²) in [5.41, 5.74) is 0. The van der Waals surface area contributed by atoms with Gasteiger partial charge in [0.05, 0.1) is 24.7 Å². The van der Waals surface area contributed by atoms with Crippen LogP contribution in [0.2, 0.25) is 0 Å². The monoisotopic (exact) mass is 347 g/mol.